The number of carbonyl (C=O) groups is 1. The molecule has 0 unspecified atom stereocenters. The van der Waals surface area contributed by atoms with Gasteiger partial charge in [-0.2, -0.15) is 0 Å². The molecule has 0 spiro atoms. The smallest absolute Gasteiger partial charge is 0.142 e. The predicted molar refractivity (Wildman–Crippen MR) is 59.9 cm³/mol. The van der Waals surface area contributed by atoms with Crippen LogP contribution in [-0.4, -0.2) is 19.7 Å². The Balaban J connectivity index is 3.00. The lowest BCUT2D eigenvalue weighted by molar-refractivity contribution is -0.104. The lowest BCUT2D eigenvalue weighted by atomic mass is 10.2. The zero-order chi connectivity index (χ0) is 10.4. The van der Waals surface area contributed by atoms with E-state index in [2.05, 4.69) is 0 Å². The molecule has 0 bridgehead atoms. The van der Waals surface area contributed by atoms with Crippen molar-refractivity contribution in [3.8, 4) is 5.75 Å². The third-order valence-corrected chi connectivity index (χ3v) is 2.53. The first-order chi connectivity index (χ1) is 6.81. The molecule has 0 N–H and O–H groups in total. The molecule has 0 atom stereocenters. The summed E-state index contributed by atoms with van der Waals surface area (Å²) in [5, 5.41) is 0. The Morgan fingerprint density at radius 2 is 2.21 bits per heavy atom. The van der Waals surface area contributed by atoms with Crippen molar-refractivity contribution in [3.63, 3.8) is 0 Å². The highest BCUT2D eigenvalue weighted by Gasteiger charge is 2.00. The minimum Gasteiger partial charge on any atom is -0.496 e. The predicted octanol–water partition coefficient (Wildman–Crippen LogP) is 2.63. The van der Waals surface area contributed by atoms with Crippen molar-refractivity contribution in [1.29, 1.82) is 0 Å². The lowest BCUT2D eigenvalue weighted by Crippen LogP contribution is -1.86. The molecule has 2 nitrogen and oxygen atoms in total. The van der Waals surface area contributed by atoms with E-state index < -0.39 is 0 Å². The fraction of sp³-hybridized carbons (Fsp3) is 0.182. The molecule has 1 aromatic rings. The SMILES string of the molecule is COc1ccc(C=CC=O)cc1SC. The maximum Gasteiger partial charge on any atom is 0.142 e. The van der Waals surface area contributed by atoms with Gasteiger partial charge in [-0.15, -0.1) is 11.8 Å². The van der Waals surface area contributed by atoms with Gasteiger partial charge in [-0.1, -0.05) is 12.1 Å². The third kappa shape index (κ3) is 2.64. The molecule has 74 valence electrons. The molecular weight excluding hydrogens is 196 g/mol. The van der Waals surface area contributed by atoms with E-state index in [9.17, 15) is 4.79 Å². The van der Waals surface area contributed by atoms with Crippen LogP contribution in [-0.2, 0) is 4.79 Å². The molecule has 1 rings (SSSR count). The number of rotatable bonds is 4. The van der Waals surface area contributed by atoms with E-state index in [4.69, 9.17) is 4.74 Å². The zero-order valence-corrected chi connectivity index (χ0v) is 9.01. The van der Waals surface area contributed by atoms with E-state index in [1.54, 1.807) is 24.9 Å². The van der Waals surface area contributed by atoms with E-state index >= 15 is 0 Å². The van der Waals surface area contributed by atoms with E-state index in [0.29, 0.717) is 0 Å². The Morgan fingerprint density at radius 3 is 2.79 bits per heavy atom. The maximum atomic E-state index is 10.1. The number of allylic oxidation sites excluding steroid dienone is 1. The second-order valence-electron chi connectivity index (χ2n) is 2.61. The Hall–Kier alpha value is -1.22. The molecule has 0 amide bonds. The van der Waals surface area contributed by atoms with Crippen molar-refractivity contribution in [3.05, 3.63) is 29.8 Å². The number of benzene rings is 1. The number of aldehydes is 1. The van der Waals surface area contributed by atoms with E-state index in [1.807, 2.05) is 24.5 Å². The van der Waals surface area contributed by atoms with Gasteiger partial charge >= 0.3 is 0 Å². The van der Waals surface area contributed by atoms with Crippen molar-refractivity contribution in [2.24, 2.45) is 0 Å². The Bertz CT molecular complexity index is 345. The third-order valence-electron chi connectivity index (χ3n) is 1.77. The summed E-state index contributed by atoms with van der Waals surface area (Å²) in [4.78, 5) is 11.2. The summed E-state index contributed by atoms with van der Waals surface area (Å²) in [7, 11) is 1.65. The molecule has 0 saturated carbocycles. The van der Waals surface area contributed by atoms with Gasteiger partial charge in [0.25, 0.3) is 0 Å². The molecule has 14 heavy (non-hydrogen) atoms. The van der Waals surface area contributed by atoms with Gasteiger partial charge in [0.2, 0.25) is 0 Å². The lowest BCUT2D eigenvalue weighted by Gasteiger charge is -2.06. The monoisotopic (exact) mass is 208 g/mol. The summed E-state index contributed by atoms with van der Waals surface area (Å²) in [5.74, 6) is 0.862. The maximum absolute atomic E-state index is 10.1. The van der Waals surface area contributed by atoms with Crippen LogP contribution >= 0.6 is 11.8 Å². The van der Waals surface area contributed by atoms with Crippen LogP contribution in [0.4, 0.5) is 0 Å². The van der Waals surface area contributed by atoms with Crippen LogP contribution in [0.1, 0.15) is 5.56 Å². The van der Waals surface area contributed by atoms with Crippen LogP contribution in [0.25, 0.3) is 6.08 Å². The van der Waals surface area contributed by atoms with Crippen LogP contribution in [0, 0.1) is 0 Å². The minimum absolute atomic E-state index is 0.767. The second kappa shape index (κ2) is 5.50. The quantitative estimate of drug-likeness (QED) is 0.432. The summed E-state index contributed by atoms with van der Waals surface area (Å²) >= 11 is 1.62. The van der Waals surface area contributed by atoms with Crippen LogP contribution in [0.5, 0.6) is 5.75 Å². The van der Waals surface area contributed by atoms with Crippen molar-refractivity contribution in [2.45, 2.75) is 4.90 Å². The van der Waals surface area contributed by atoms with Gasteiger partial charge in [0.1, 0.15) is 12.0 Å². The number of hydrogen-bond acceptors (Lipinski definition) is 3. The van der Waals surface area contributed by atoms with Gasteiger partial charge < -0.3 is 4.74 Å². The summed E-state index contributed by atoms with van der Waals surface area (Å²) in [6.07, 6.45) is 6.01. The first-order valence-corrected chi connectivity index (χ1v) is 5.38. The number of carbonyl (C=O) groups excluding carboxylic acids is 1. The topological polar surface area (TPSA) is 26.3 Å². The fourth-order valence-electron chi connectivity index (χ4n) is 1.11. The van der Waals surface area contributed by atoms with Gasteiger partial charge in [0.05, 0.1) is 7.11 Å². The summed E-state index contributed by atoms with van der Waals surface area (Å²) in [6.45, 7) is 0. The molecule has 0 aliphatic carbocycles. The van der Waals surface area contributed by atoms with Gasteiger partial charge in [-0.3, -0.25) is 4.79 Å². The number of thioether (sulfide) groups is 1. The first kappa shape index (κ1) is 10.9. The molecule has 1 aromatic carbocycles. The average molecular weight is 208 g/mol. The first-order valence-electron chi connectivity index (χ1n) is 4.15. The molecule has 0 aliphatic heterocycles. The standard InChI is InChI=1S/C11H12O2S/c1-13-10-6-5-9(4-3-7-12)8-11(10)14-2/h3-8H,1-2H3. The summed E-state index contributed by atoms with van der Waals surface area (Å²) in [6, 6.07) is 5.80. The number of ether oxygens (including phenoxy) is 1. The van der Waals surface area contributed by atoms with Gasteiger partial charge in [-0.25, -0.2) is 0 Å². The second-order valence-corrected chi connectivity index (χ2v) is 3.46. The van der Waals surface area contributed by atoms with Crippen LogP contribution < -0.4 is 4.74 Å². The molecule has 0 aliphatic rings. The highest BCUT2D eigenvalue weighted by molar-refractivity contribution is 7.98. The van der Waals surface area contributed by atoms with E-state index in [0.717, 1.165) is 22.5 Å². The highest BCUT2D eigenvalue weighted by Crippen LogP contribution is 2.28. The number of methoxy groups -OCH3 is 1. The van der Waals surface area contributed by atoms with Gasteiger partial charge in [-0.05, 0) is 30.0 Å². The molecule has 0 aromatic heterocycles. The molecule has 0 saturated heterocycles. The molecule has 3 heteroatoms. The van der Waals surface area contributed by atoms with E-state index in [-0.39, 0.29) is 0 Å². The van der Waals surface area contributed by atoms with Crippen molar-refractivity contribution in [1.82, 2.24) is 0 Å². The summed E-state index contributed by atoms with van der Waals surface area (Å²) in [5.41, 5.74) is 1.00. The normalized spacial score (nSPS) is 10.4. The molecule has 0 radical (unpaired) electrons. The zero-order valence-electron chi connectivity index (χ0n) is 8.19. The Morgan fingerprint density at radius 1 is 1.43 bits per heavy atom. The Labute approximate surface area is 88.0 Å². The minimum atomic E-state index is 0.767. The number of hydrogen-bond donors (Lipinski definition) is 0. The average Bonchev–Trinajstić information content (AvgIpc) is 2.25. The Kier molecular flexibility index (Phi) is 4.26. The van der Waals surface area contributed by atoms with Crippen LogP contribution in [0.3, 0.4) is 0 Å². The van der Waals surface area contributed by atoms with Crippen LogP contribution in [0.15, 0.2) is 29.2 Å². The fourth-order valence-corrected chi connectivity index (χ4v) is 1.71. The summed E-state index contributed by atoms with van der Waals surface area (Å²) < 4.78 is 5.18. The van der Waals surface area contributed by atoms with Gasteiger partial charge in [0, 0.05) is 4.90 Å². The van der Waals surface area contributed by atoms with Crippen LogP contribution in [0.2, 0.25) is 0 Å². The largest absolute Gasteiger partial charge is 0.496 e. The highest BCUT2D eigenvalue weighted by atomic mass is 32.2. The van der Waals surface area contributed by atoms with E-state index in [1.165, 1.54) is 6.08 Å². The molecule has 0 heterocycles. The molecule has 0 fully saturated rings. The van der Waals surface area contributed by atoms with Crippen molar-refractivity contribution >= 4 is 24.1 Å². The van der Waals surface area contributed by atoms with Crippen molar-refractivity contribution < 1.29 is 9.53 Å². The van der Waals surface area contributed by atoms with Crippen molar-refractivity contribution in [2.75, 3.05) is 13.4 Å². The van der Waals surface area contributed by atoms with Gasteiger partial charge in [0.15, 0.2) is 0 Å². The molecular formula is C11H12O2S.